The number of aldehydes is 1. The molecule has 0 atom stereocenters. The number of allylic oxidation sites excluding steroid dienone is 1. The Balaban J connectivity index is 2.59. The summed E-state index contributed by atoms with van der Waals surface area (Å²) in [7, 11) is 3.87. The Labute approximate surface area is 89.6 Å². The number of rotatable bonds is 5. The van der Waals surface area contributed by atoms with Crippen molar-refractivity contribution < 1.29 is 4.79 Å². The highest BCUT2D eigenvalue weighted by Gasteiger charge is 2.25. The summed E-state index contributed by atoms with van der Waals surface area (Å²) in [6, 6.07) is 0. The average Bonchev–Trinajstić information content (AvgIpc) is 2.57. The van der Waals surface area contributed by atoms with Gasteiger partial charge in [0.2, 0.25) is 0 Å². The van der Waals surface area contributed by atoms with Gasteiger partial charge in [-0.25, -0.2) is 10.1 Å². The molecule has 0 bridgehead atoms. The molecule has 0 fully saturated rings. The van der Waals surface area contributed by atoms with Gasteiger partial charge in [0.05, 0.1) is 0 Å². The molecule has 0 aliphatic carbocycles. The molecule has 0 N–H and O–H groups in total. The Morgan fingerprint density at radius 2 is 2.29 bits per heavy atom. The first kappa shape index (κ1) is 11.6. The third-order valence-corrected chi connectivity index (χ3v) is 2.87. The van der Waals surface area contributed by atoms with Gasteiger partial charge in [-0.05, 0) is 18.4 Å². The van der Waals surface area contributed by atoms with Gasteiger partial charge >= 0.3 is 0 Å². The van der Waals surface area contributed by atoms with E-state index in [1.54, 1.807) is 11.9 Å². The number of unbranched alkanes of at least 4 members (excludes halogenated alkanes) is 1. The monoisotopic (exact) mass is 215 g/mol. The normalized spacial score (nSPS) is 17.7. The SMILES string of the molecule is CCCCN1SC=C(C=O)N1N(C)C. The number of carbonyl (C=O) groups is 1. The van der Waals surface area contributed by atoms with Crippen molar-refractivity contribution in [3.8, 4) is 0 Å². The molecule has 80 valence electrons. The van der Waals surface area contributed by atoms with Crippen molar-refractivity contribution in [1.82, 2.24) is 14.5 Å². The molecule has 0 spiro atoms. The van der Waals surface area contributed by atoms with E-state index in [9.17, 15) is 4.79 Å². The van der Waals surface area contributed by atoms with Gasteiger partial charge in [-0.1, -0.05) is 13.3 Å². The summed E-state index contributed by atoms with van der Waals surface area (Å²) in [5.74, 6) is 0. The molecule has 0 aromatic rings. The van der Waals surface area contributed by atoms with Gasteiger partial charge in [-0.2, -0.15) is 0 Å². The van der Waals surface area contributed by atoms with E-state index in [0.717, 1.165) is 25.7 Å². The van der Waals surface area contributed by atoms with Crippen LogP contribution < -0.4 is 0 Å². The highest BCUT2D eigenvalue weighted by atomic mass is 32.2. The summed E-state index contributed by atoms with van der Waals surface area (Å²) in [4.78, 5) is 10.8. The van der Waals surface area contributed by atoms with E-state index in [4.69, 9.17) is 0 Å². The van der Waals surface area contributed by atoms with Gasteiger partial charge in [-0.3, -0.25) is 4.79 Å². The maximum Gasteiger partial charge on any atom is 0.169 e. The molecule has 0 unspecified atom stereocenters. The predicted molar refractivity (Wildman–Crippen MR) is 58.9 cm³/mol. The topological polar surface area (TPSA) is 26.8 Å². The third kappa shape index (κ3) is 2.50. The molecule has 0 saturated heterocycles. The van der Waals surface area contributed by atoms with Crippen molar-refractivity contribution in [1.29, 1.82) is 0 Å². The minimum absolute atomic E-state index is 0.705. The highest BCUT2D eigenvalue weighted by molar-refractivity contribution is 8.00. The van der Waals surface area contributed by atoms with Gasteiger partial charge in [0.25, 0.3) is 0 Å². The van der Waals surface area contributed by atoms with E-state index in [0.29, 0.717) is 5.70 Å². The number of carbonyl (C=O) groups excluding carboxylic acids is 1. The van der Waals surface area contributed by atoms with Crippen molar-refractivity contribution in [2.45, 2.75) is 19.8 Å². The zero-order valence-corrected chi connectivity index (χ0v) is 9.75. The smallest absolute Gasteiger partial charge is 0.169 e. The fraction of sp³-hybridized carbons (Fsp3) is 0.667. The van der Waals surface area contributed by atoms with E-state index < -0.39 is 0 Å². The zero-order valence-electron chi connectivity index (χ0n) is 8.93. The van der Waals surface area contributed by atoms with E-state index in [1.807, 2.05) is 29.6 Å². The van der Waals surface area contributed by atoms with Gasteiger partial charge in [0.15, 0.2) is 6.29 Å². The summed E-state index contributed by atoms with van der Waals surface area (Å²) in [6.07, 6.45) is 3.19. The molecular weight excluding hydrogens is 198 g/mol. The van der Waals surface area contributed by atoms with Crippen molar-refractivity contribution >= 4 is 18.2 Å². The fourth-order valence-electron chi connectivity index (χ4n) is 1.28. The molecule has 1 rings (SSSR count). The second-order valence-electron chi connectivity index (χ2n) is 3.33. The first-order chi connectivity index (χ1) is 6.70. The summed E-state index contributed by atoms with van der Waals surface area (Å²) in [6.45, 7) is 3.13. The molecule has 1 aliphatic rings. The Hall–Kier alpha value is -0.520. The van der Waals surface area contributed by atoms with Crippen LogP contribution >= 0.6 is 11.9 Å². The molecule has 0 aromatic carbocycles. The van der Waals surface area contributed by atoms with Crippen LogP contribution in [-0.2, 0) is 4.79 Å². The Morgan fingerprint density at radius 1 is 1.57 bits per heavy atom. The predicted octanol–water partition coefficient (Wildman–Crippen LogP) is 1.48. The molecule has 4 nitrogen and oxygen atoms in total. The number of hydrogen-bond donors (Lipinski definition) is 0. The fourth-order valence-corrected chi connectivity index (χ4v) is 2.23. The lowest BCUT2D eigenvalue weighted by Crippen LogP contribution is -2.44. The van der Waals surface area contributed by atoms with Crippen LogP contribution in [-0.4, -0.2) is 41.5 Å². The average molecular weight is 215 g/mol. The lowest BCUT2D eigenvalue weighted by molar-refractivity contribution is -0.114. The largest absolute Gasteiger partial charge is 0.296 e. The molecule has 0 aromatic heterocycles. The zero-order chi connectivity index (χ0) is 10.6. The van der Waals surface area contributed by atoms with Gasteiger partial charge in [0, 0.05) is 26.0 Å². The van der Waals surface area contributed by atoms with Crippen LogP contribution in [0.15, 0.2) is 11.1 Å². The molecule has 14 heavy (non-hydrogen) atoms. The van der Waals surface area contributed by atoms with Crippen LogP contribution in [0.5, 0.6) is 0 Å². The van der Waals surface area contributed by atoms with Crippen LogP contribution in [0, 0.1) is 0 Å². The molecule has 0 radical (unpaired) electrons. The quantitative estimate of drug-likeness (QED) is 0.511. The second kappa shape index (κ2) is 5.38. The standard InChI is InChI=1S/C9H17N3OS/c1-4-5-6-11-12(10(2)3)9(7-13)8-14-11/h7-8H,4-6H2,1-3H3. The molecule has 1 aliphatic heterocycles. The van der Waals surface area contributed by atoms with Crippen molar-refractivity contribution in [2.24, 2.45) is 0 Å². The van der Waals surface area contributed by atoms with E-state index in [2.05, 4.69) is 11.3 Å². The van der Waals surface area contributed by atoms with Crippen LogP contribution in [0.2, 0.25) is 0 Å². The molecule has 1 heterocycles. The van der Waals surface area contributed by atoms with Gasteiger partial charge in [0.1, 0.15) is 5.70 Å². The number of hydrazine groups is 2. The maximum atomic E-state index is 10.8. The van der Waals surface area contributed by atoms with E-state index >= 15 is 0 Å². The van der Waals surface area contributed by atoms with E-state index in [-0.39, 0.29) is 0 Å². The van der Waals surface area contributed by atoms with Crippen LogP contribution in [0.1, 0.15) is 19.8 Å². The Bertz CT molecular complexity index is 230. The summed E-state index contributed by atoms with van der Waals surface area (Å²) in [5.41, 5.74) is 0.705. The van der Waals surface area contributed by atoms with Crippen molar-refractivity contribution in [3.63, 3.8) is 0 Å². The molecule has 0 amide bonds. The molecule has 0 saturated carbocycles. The minimum atomic E-state index is 0.705. The van der Waals surface area contributed by atoms with Gasteiger partial charge < -0.3 is 0 Å². The highest BCUT2D eigenvalue weighted by Crippen LogP contribution is 2.28. The lowest BCUT2D eigenvalue weighted by Gasteiger charge is -2.34. The van der Waals surface area contributed by atoms with Crippen LogP contribution in [0.4, 0.5) is 0 Å². The molecular formula is C9H17N3OS. The summed E-state index contributed by atoms with van der Waals surface area (Å²) >= 11 is 1.58. The molecule has 5 heteroatoms. The van der Waals surface area contributed by atoms with Gasteiger partial charge in [-0.15, -0.1) is 4.41 Å². The number of nitrogens with zero attached hydrogens (tertiary/aromatic N) is 3. The minimum Gasteiger partial charge on any atom is -0.296 e. The van der Waals surface area contributed by atoms with Crippen molar-refractivity contribution in [3.05, 3.63) is 11.1 Å². The van der Waals surface area contributed by atoms with Crippen molar-refractivity contribution in [2.75, 3.05) is 20.6 Å². The first-order valence-corrected chi connectivity index (χ1v) is 5.61. The van der Waals surface area contributed by atoms with Crippen LogP contribution in [0.3, 0.4) is 0 Å². The van der Waals surface area contributed by atoms with Crippen LogP contribution in [0.25, 0.3) is 0 Å². The van der Waals surface area contributed by atoms with E-state index in [1.165, 1.54) is 0 Å². The first-order valence-electron chi connectivity index (χ1n) is 4.77. The summed E-state index contributed by atoms with van der Waals surface area (Å²) < 4.78 is 2.09. The lowest BCUT2D eigenvalue weighted by atomic mass is 10.3. The third-order valence-electron chi connectivity index (χ3n) is 1.94. The second-order valence-corrected chi connectivity index (χ2v) is 4.20. The maximum absolute atomic E-state index is 10.8. The Morgan fingerprint density at radius 3 is 2.79 bits per heavy atom. The Kier molecular flexibility index (Phi) is 4.44. The summed E-state index contributed by atoms with van der Waals surface area (Å²) in [5, 5.41) is 5.69. The number of hydrogen-bond acceptors (Lipinski definition) is 5.